The summed E-state index contributed by atoms with van der Waals surface area (Å²) in [6, 6.07) is 20.6. The molecule has 0 radical (unpaired) electrons. The van der Waals surface area contributed by atoms with E-state index in [2.05, 4.69) is 57.3 Å². The zero-order valence-electron chi connectivity index (χ0n) is 24.2. The average molecular weight is 564 g/mol. The normalized spacial score (nSPS) is 19.6. The summed E-state index contributed by atoms with van der Waals surface area (Å²) in [6.45, 7) is 6.93. The minimum absolute atomic E-state index is 0.110. The van der Waals surface area contributed by atoms with Gasteiger partial charge >= 0.3 is 0 Å². The van der Waals surface area contributed by atoms with E-state index >= 15 is 0 Å². The largest absolute Gasteiger partial charge is 0.497 e. The number of hydrogen-bond donors (Lipinski definition) is 2. The molecule has 3 aromatic carbocycles. The Morgan fingerprint density at radius 3 is 2.79 bits per heavy atom. The first-order valence-corrected chi connectivity index (χ1v) is 14.8. The lowest BCUT2D eigenvalue weighted by molar-refractivity contribution is -0.136. The van der Waals surface area contributed by atoms with Crippen molar-refractivity contribution in [2.45, 2.75) is 25.8 Å². The van der Waals surface area contributed by atoms with Gasteiger partial charge in [-0.2, -0.15) is 0 Å². The van der Waals surface area contributed by atoms with Gasteiger partial charge in [0, 0.05) is 54.9 Å². The van der Waals surface area contributed by atoms with Crippen molar-refractivity contribution < 1.29 is 14.3 Å². The number of H-pyrrole nitrogens is 2. The van der Waals surface area contributed by atoms with Crippen LogP contribution in [0.2, 0.25) is 0 Å². The lowest BCUT2D eigenvalue weighted by Crippen LogP contribution is -2.52. The van der Waals surface area contributed by atoms with Gasteiger partial charge in [0.25, 0.3) is 0 Å². The molecule has 2 aromatic heterocycles. The van der Waals surface area contributed by atoms with E-state index < -0.39 is 0 Å². The van der Waals surface area contributed by atoms with Gasteiger partial charge in [0.15, 0.2) is 0 Å². The first-order valence-electron chi connectivity index (χ1n) is 14.8. The van der Waals surface area contributed by atoms with Gasteiger partial charge in [-0.25, -0.2) is 4.98 Å². The highest BCUT2D eigenvalue weighted by molar-refractivity contribution is 5.91. The van der Waals surface area contributed by atoms with Crippen LogP contribution in [0.25, 0.3) is 32.9 Å². The minimum atomic E-state index is -0.164. The molecule has 2 aliphatic heterocycles. The van der Waals surface area contributed by atoms with Crippen molar-refractivity contribution in [3.05, 3.63) is 83.9 Å². The molecule has 2 saturated heterocycles. The summed E-state index contributed by atoms with van der Waals surface area (Å²) < 4.78 is 11.1. The molecule has 7 rings (SSSR count). The standard InChI is InChI=1S/C34H37N5O3/c1-22-28(29-16-27(41-2)9-10-30(29)36-22)17-33(40)39-13-12-38(19-23-11-14-42-21-23)20-32(39)34-35-18-31(37-34)26-8-7-24-5-3-4-6-25(24)15-26/h3-10,15-16,18,23,32,36H,11-14,17,19-21H2,1-2H3,(H,35,37). The summed E-state index contributed by atoms with van der Waals surface area (Å²) in [5.41, 5.74) is 5.10. The molecule has 8 heteroatoms. The van der Waals surface area contributed by atoms with Crippen molar-refractivity contribution in [1.29, 1.82) is 0 Å². The number of imidazole rings is 1. The van der Waals surface area contributed by atoms with Gasteiger partial charge in [-0.05, 0) is 59.9 Å². The molecule has 0 spiro atoms. The Bertz CT molecular complexity index is 1730. The number of carbonyl (C=O) groups is 1. The van der Waals surface area contributed by atoms with E-state index in [4.69, 9.17) is 14.5 Å². The number of amides is 1. The minimum Gasteiger partial charge on any atom is -0.497 e. The number of hydrogen-bond acceptors (Lipinski definition) is 5. The van der Waals surface area contributed by atoms with E-state index in [1.165, 1.54) is 10.8 Å². The number of ether oxygens (including phenoxy) is 2. The number of fused-ring (bicyclic) bond motifs is 2. The number of aromatic nitrogens is 3. The van der Waals surface area contributed by atoms with Crippen molar-refractivity contribution in [3.8, 4) is 17.0 Å². The van der Waals surface area contributed by atoms with Gasteiger partial charge < -0.3 is 24.3 Å². The smallest absolute Gasteiger partial charge is 0.227 e. The number of aryl methyl sites for hydroxylation is 1. The monoisotopic (exact) mass is 563 g/mol. The van der Waals surface area contributed by atoms with Crippen molar-refractivity contribution in [3.63, 3.8) is 0 Å². The summed E-state index contributed by atoms with van der Waals surface area (Å²) in [7, 11) is 1.67. The average Bonchev–Trinajstić information content (AvgIpc) is 3.78. The number of carbonyl (C=O) groups excluding carboxylic acids is 1. The number of nitrogens with one attached hydrogen (secondary N) is 2. The third kappa shape index (κ3) is 5.16. The van der Waals surface area contributed by atoms with Gasteiger partial charge in [0.05, 0.1) is 32.0 Å². The topological polar surface area (TPSA) is 86.5 Å². The Kier molecular flexibility index (Phi) is 7.17. The Morgan fingerprint density at radius 1 is 1.07 bits per heavy atom. The molecular formula is C34H37N5O3. The number of benzene rings is 3. The number of methoxy groups -OCH3 is 1. The van der Waals surface area contributed by atoms with Gasteiger partial charge in [-0.15, -0.1) is 0 Å². The van der Waals surface area contributed by atoms with Gasteiger partial charge in [-0.3, -0.25) is 9.69 Å². The Labute approximate surface area is 245 Å². The second-order valence-corrected chi connectivity index (χ2v) is 11.7. The molecule has 2 N–H and O–H groups in total. The van der Waals surface area contributed by atoms with Crippen molar-refractivity contribution >= 4 is 27.6 Å². The van der Waals surface area contributed by atoms with Crippen molar-refractivity contribution in [2.75, 3.05) is 46.5 Å². The SMILES string of the molecule is COc1ccc2[nH]c(C)c(CC(=O)N3CCN(CC4CCOC4)CC3c3ncc(-c4ccc5ccccc5c4)[nH]3)c2c1. The van der Waals surface area contributed by atoms with E-state index in [0.29, 0.717) is 18.9 Å². The third-order valence-electron chi connectivity index (χ3n) is 8.95. The van der Waals surface area contributed by atoms with E-state index in [1.807, 2.05) is 36.2 Å². The van der Waals surface area contributed by atoms with Gasteiger partial charge in [-0.1, -0.05) is 36.4 Å². The third-order valence-corrected chi connectivity index (χ3v) is 8.95. The van der Waals surface area contributed by atoms with Crippen LogP contribution in [-0.4, -0.2) is 77.2 Å². The highest BCUT2D eigenvalue weighted by Gasteiger charge is 2.35. The molecule has 2 unspecified atom stereocenters. The molecular weight excluding hydrogens is 526 g/mol. The number of rotatable bonds is 7. The van der Waals surface area contributed by atoms with E-state index in [9.17, 15) is 4.79 Å². The second-order valence-electron chi connectivity index (χ2n) is 11.7. The zero-order valence-corrected chi connectivity index (χ0v) is 24.2. The highest BCUT2D eigenvalue weighted by Crippen LogP contribution is 2.31. The molecule has 42 heavy (non-hydrogen) atoms. The molecule has 2 fully saturated rings. The molecule has 1 amide bonds. The maximum atomic E-state index is 14.1. The molecule has 0 aliphatic carbocycles. The summed E-state index contributed by atoms with van der Waals surface area (Å²) in [4.78, 5) is 30.5. The van der Waals surface area contributed by atoms with Gasteiger partial charge in [0.1, 0.15) is 17.6 Å². The van der Waals surface area contributed by atoms with E-state index in [1.54, 1.807) is 7.11 Å². The van der Waals surface area contributed by atoms with Crippen LogP contribution in [0, 0.1) is 12.8 Å². The fraction of sp³-hybridized carbons (Fsp3) is 0.353. The summed E-state index contributed by atoms with van der Waals surface area (Å²) in [5, 5.41) is 3.44. The van der Waals surface area contributed by atoms with E-state index in [-0.39, 0.29) is 11.9 Å². The maximum absolute atomic E-state index is 14.1. The van der Waals surface area contributed by atoms with Crippen LogP contribution in [0.3, 0.4) is 0 Å². The summed E-state index contributed by atoms with van der Waals surface area (Å²) in [6.07, 6.45) is 3.33. The van der Waals surface area contributed by atoms with Crippen LogP contribution in [-0.2, 0) is 16.0 Å². The van der Waals surface area contributed by atoms with Crippen LogP contribution in [0.5, 0.6) is 5.75 Å². The molecule has 2 aliphatic rings. The molecule has 8 nitrogen and oxygen atoms in total. The Balaban J connectivity index is 1.18. The van der Waals surface area contributed by atoms with Gasteiger partial charge in [0.2, 0.25) is 5.91 Å². The summed E-state index contributed by atoms with van der Waals surface area (Å²) in [5.74, 6) is 2.27. The number of aromatic amines is 2. The highest BCUT2D eigenvalue weighted by atomic mass is 16.5. The first-order chi connectivity index (χ1) is 20.6. The molecule has 0 saturated carbocycles. The molecule has 2 atom stereocenters. The predicted molar refractivity (Wildman–Crippen MR) is 165 cm³/mol. The predicted octanol–water partition coefficient (Wildman–Crippen LogP) is 5.49. The van der Waals surface area contributed by atoms with Crippen LogP contribution in [0.4, 0.5) is 0 Å². The first kappa shape index (κ1) is 26.7. The van der Waals surface area contributed by atoms with Crippen LogP contribution in [0.1, 0.15) is 29.5 Å². The van der Waals surface area contributed by atoms with Crippen LogP contribution >= 0.6 is 0 Å². The van der Waals surface area contributed by atoms with Crippen LogP contribution in [0.15, 0.2) is 66.9 Å². The zero-order chi connectivity index (χ0) is 28.6. The molecule has 0 bridgehead atoms. The van der Waals surface area contributed by atoms with Crippen LogP contribution < -0.4 is 4.74 Å². The lowest BCUT2D eigenvalue weighted by Gasteiger charge is -2.41. The van der Waals surface area contributed by atoms with Crippen molar-refractivity contribution in [2.24, 2.45) is 5.92 Å². The Hall–Kier alpha value is -4.14. The second kappa shape index (κ2) is 11.3. The molecule has 5 aromatic rings. The quantitative estimate of drug-likeness (QED) is 0.273. The lowest BCUT2D eigenvalue weighted by atomic mass is 10.0. The molecule has 4 heterocycles. The fourth-order valence-electron chi connectivity index (χ4n) is 6.61. The summed E-state index contributed by atoms with van der Waals surface area (Å²) >= 11 is 0. The Morgan fingerprint density at radius 2 is 1.95 bits per heavy atom. The maximum Gasteiger partial charge on any atom is 0.227 e. The molecule has 216 valence electrons. The number of piperazine rings is 1. The fourth-order valence-corrected chi connectivity index (χ4v) is 6.61. The van der Waals surface area contributed by atoms with Crippen molar-refractivity contribution in [1.82, 2.24) is 24.8 Å². The number of nitrogens with zero attached hydrogens (tertiary/aromatic N) is 3. The van der Waals surface area contributed by atoms with E-state index in [0.717, 1.165) is 84.3 Å².